The Labute approximate surface area is 148 Å². The maximum atomic E-state index is 12.2. The largest absolute Gasteiger partial charge is 0.444 e. The summed E-state index contributed by atoms with van der Waals surface area (Å²) in [5.41, 5.74) is 1.82. The minimum Gasteiger partial charge on any atom is -0.444 e. The number of rotatable bonds is 5. The summed E-state index contributed by atoms with van der Waals surface area (Å²) in [7, 11) is 0. The number of carbonyl (C=O) groups is 1. The summed E-state index contributed by atoms with van der Waals surface area (Å²) < 4.78 is 5.68. The second-order valence-corrected chi connectivity index (χ2v) is 6.53. The molecule has 7 nitrogen and oxygen atoms in total. The van der Waals surface area contributed by atoms with E-state index in [9.17, 15) is 4.79 Å². The molecule has 0 spiro atoms. The van der Waals surface area contributed by atoms with Crippen LogP contribution in [0.2, 0.25) is 0 Å². The number of amides is 1. The van der Waals surface area contributed by atoms with Gasteiger partial charge in [-0.3, -0.25) is 9.78 Å². The van der Waals surface area contributed by atoms with Gasteiger partial charge in [0.2, 0.25) is 11.8 Å². The average Bonchev–Trinajstić information content (AvgIpc) is 3.23. The summed E-state index contributed by atoms with van der Waals surface area (Å²) in [6.45, 7) is 9.55. The topological polar surface area (TPSA) is 75.4 Å². The molecule has 7 heteroatoms. The zero-order valence-electron chi connectivity index (χ0n) is 15.3. The first-order chi connectivity index (χ1) is 12.0. The van der Waals surface area contributed by atoms with E-state index in [0.717, 1.165) is 48.9 Å². The predicted octanol–water partition coefficient (Wildman–Crippen LogP) is 2.27. The van der Waals surface area contributed by atoms with Gasteiger partial charge in [-0.25, -0.2) is 9.97 Å². The van der Waals surface area contributed by atoms with E-state index in [0.29, 0.717) is 12.4 Å². The van der Waals surface area contributed by atoms with Gasteiger partial charge in [-0.05, 0) is 20.3 Å². The molecular formula is C18H25N5O2. The van der Waals surface area contributed by atoms with Gasteiger partial charge in [0.25, 0.3) is 0 Å². The number of aromatic nitrogens is 3. The second-order valence-electron chi connectivity index (χ2n) is 6.53. The van der Waals surface area contributed by atoms with Gasteiger partial charge in [0.05, 0.1) is 30.2 Å². The Kier molecular flexibility index (Phi) is 5.01. The summed E-state index contributed by atoms with van der Waals surface area (Å²) >= 11 is 0. The Morgan fingerprint density at radius 2 is 2.16 bits per heavy atom. The summed E-state index contributed by atoms with van der Waals surface area (Å²) in [4.78, 5) is 29.6. The highest BCUT2D eigenvalue weighted by Crippen LogP contribution is 2.25. The van der Waals surface area contributed by atoms with Crippen LogP contribution in [0.1, 0.15) is 43.3 Å². The smallest absolute Gasteiger partial charge is 0.220 e. The zero-order chi connectivity index (χ0) is 18.0. The van der Waals surface area contributed by atoms with Crippen molar-refractivity contribution in [2.75, 3.05) is 18.0 Å². The molecule has 0 saturated carbocycles. The van der Waals surface area contributed by atoms with Crippen LogP contribution in [-0.4, -0.2) is 44.9 Å². The molecule has 1 unspecified atom stereocenters. The summed E-state index contributed by atoms with van der Waals surface area (Å²) in [5, 5.41) is 0. The molecule has 1 saturated heterocycles. The van der Waals surface area contributed by atoms with Crippen LogP contribution in [0.3, 0.4) is 0 Å². The molecule has 0 N–H and O–H groups in total. The molecule has 0 aliphatic carbocycles. The Hall–Kier alpha value is -2.44. The standard InChI is InChI=1S/C18H25N5O2/c1-5-16-9-20-17(25-16)11-23(14(4)24)15-6-7-22(10-15)18-13(3)19-8-12(2)21-18/h8-9,15H,5-7,10-11H2,1-4H3. The molecule has 0 aromatic carbocycles. The quantitative estimate of drug-likeness (QED) is 0.829. The monoisotopic (exact) mass is 343 g/mol. The van der Waals surface area contributed by atoms with Crippen LogP contribution < -0.4 is 4.90 Å². The highest BCUT2D eigenvalue weighted by Gasteiger charge is 2.31. The lowest BCUT2D eigenvalue weighted by Crippen LogP contribution is -2.40. The van der Waals surface area contributed by atoms with Gasteiger partial charge >= 0.3 is 0 Å². The van der Waals surface area contributed by atoms with Crippen molar-refractivity contribution in [3.05, 3.63) is 35.4 Å². The fourth-order valence-electron chi connectivity index (χ4n) is 3.24. The SMILES string of the molecule is CCc1cnc(CN(C(C)=O)C2CCN(c3nc(C)cnc3C)C2)o1. The van der Waals surface area contributed by atoms with Crippen LogP contribution in [0.4, 0.5) is 5.82 Å². The van der Waals surface area contributed by atoms with Crippen molar-refractivity contribution in [2.45, 2.75) is 53.1 Å². The van der Waals surface area contributed by atoms with Crippen molar-refractivity contribution in [2.24, 2.45) is 0 Å². The first-order valence-electron chi connectivity index (χ1n) is 8.74. The van der Waals surface area contributed by atoms with Crippen LogP contribution in [0, 0.1) is 13.8 Å². The number of hydrogen-bond acceptors (Lipinski definition) is 6. The number of anilines is 1. The lowest BCUT2D eigenvalue weighted by molar-refractivity contribution is -0.131. The van der Waals surface area contributed by atoms with E-state index in [4.69, 9.17) is 4.42 Å². The van der Waals surface area contributed by atoms with Gasteiger partial charge < -0.3 is 14.2 Å². The van der Waals surface area contributed by atoms with Crippen LogP contribution in [-0.2, 0) is 17.8 Å². The van der Waals surface area contributed by atoms with E-state index in [1.54, 1.807) is 19.3 Å². The molecule has 2 aromatic rings. The van der Waals surface area contributed by atoms with E-state index >= 15 is 0 Å². The van der Waals surface area contributed by atoms with Crippen molar-refractivity contribution in [1.29, 1.82) is 0 Å². The van der Waals surface area contributed by atoms with Gasteiger partial charge in [-0.15, -0.1) is 0 Å². The van der Waals surface area contributed by atoms with Crippen LogP contribution in [0.15, 0.2) is 16.8 Å². The molecule has 1 fully saturated rings. The van der Waals surface area contributed by atoms with Gasteiger partial charge in [0, 0.05) is 32.6 Å². The van der Waals surface area contributed by atoms with Gasteiger partial charge in [-0.2, -0.15) is 0 Å². The van der Waals surface area contributed by atoms with Crippen LogP contribution in [0.5, 0.6) is 0 Å². The van der Waals surface area contributed by atoms with E-state index in [2.05, 4.69) is 19.9 Å². The molecule has 3 heterocycles. The Bertz CT molecular complexity index is 758. The average molecular weight is 343 g/mol. The van der Waals surface area contributed by atoms with E-state index in [1.807, 2.05) is 25.7 Å². The lowest BCUT2D eigenvalue weighted by Gasteiger charge is -2.27. The molecule has 3 rings (SSSR count). The highest BCUT2D eigenvalue weighted by atomic mass is 16.4. The fourth-order valence-corrected chi connectivity index (χ4v) is 3.24. The summed E-state index contributed by atoms with van der Waals surface area (Å²) in [6.07, 6.45) is 5.22. The normalized spacial score (nSPS) is 17.1. The molecular weight excluding hydrogens is 318 g/mol. The first-order valence-corrected chi connectivity index (χ1v) is 8.74. The predicted molar refractivity (Wildman–Crippen MR) is 94.2 cm³/mol. The van der Waals surface area contributed by atoms with E-state index in [-0.39, 0.29) is 11.9 Å². The molecule has 134 valence electrons. The number of aryl methyl sites for hydroxylation is 3. The lowest BCUT2D eigenvalue weighted by atomic mass is 10.2. The summed E-state index contributed by atoms with van der Waals surface area (Å²) in [6, 6.07) is 0.121. The van der Waals surface area contributed by atoms with Crippen molar-refractivity contribution in [1.82, 2.24) is 19.9 Å². The van der Waals surface area contributed by atoms with Crippen molar-refractivity contribution in [3.63, 3.8) is 0 Å². The summed E-state index contributed by atoms with van der Waals surface area (Å²) in [5.74, 6) is 2.39. The number of hydrogen-bond donors (Lipinski definition) is 0. The third-order valence-corrected chi connectivity index (χ3v) is 4.61. The number of oxazole rings is 1. The number of nitrogens with zero attached hydrogens (tertiary/aromatic N) is 5. The van der Waals surface area contributed by atoms with Crippen LogP contribution >= 0.6 is 0 Å². The molecule has 1 aliphatic rings. The second kappa shape index (κ2) is 7.21. The molecule has 2 aromatic heterocycles. The first kappa shape index (κ1) is 17.4. The highest BCUT2D eigenvalue weighted by molar-refractivity contribution is 5.73. The number of carbonyl (C=O) groups excluding carboxylic acids is 1. The minimum atomic E-state index is 0.0372. The van der Waals surface area contributed by atoms with Crippen LogP contribution in [0.25, 0.3) is 0 Å². The molecule has 1 atom stereocenters. The Morgan fingerprint density at radius 3 is 2.84 bits per heavy atom. The molecule has 1 amide bonds. The minimum absolute atomic E-state index is 0.0372. The van der Waals surface area contributed by atoms with Crippen molar-refractivity contribution < 1.29 is 9.21 Å². The third kappa shape index (κ3) is 3.81. The maximum Gasteiger partial charge on any atom is 0.220 e. The molecule has 1 aliphatic heterocycles. The molecule has 0 bridgehead atoms. The Morgan fingerprint density at radius 1 is 1.36 bits per heavy atom. The Balaban J connectivity index is 1.73. The molecule has 25 heavy (non-hydrogen) atoms. The van der Waals surface area contributed by atoms with E-state index < -0.39 is 0 Å². The molecule has 0 radical (unpaired) electrons. The van der Waals surface area contributed by atoms with Gasteiger partial charge in [0.15, 0.2) is 0 Å². The van der Waals surface area contributed by atoms with Gasteiger partial charge in [0.1, 0.15) is 11.6 Å². The van der Waals surface area contributed by atoms with Crippen molar-refractivity contribution in [3.8, 4) is 0 Å². The van der Waals surface area contributed by atoms with E-state index in [1.165, 1.54) is 0 Å². The third-order valence-electron chi connectivity index (χ3n) is 4.61. The van der Waals surface area contributed by atoms with Crippen molar-refractivity contribution >= 4 is 11.7 Å². The zero-order valence-corrected chi connectivity index (χ0v) is 15.3. The maximum absolute atomic E-state index is 12.2. The fraction of sp³-hybridized carbons (Fsp3) is 0.556. The van der Waals surface area contributed by atoms with Gasteiger partial charge in [-0.1, -0.05) is 6.92 Å².